The van der Waals surface area contributed by atoms with Crippen LogP contribution >= 0.6 is 0 Å². The molecule has 0 spiro atoms. The van der Waals surface area contributed by atoms with Crippen molar-refractivity contribution < 1.29 is 18.3 Å². The average Bonchev–Trinajstić information content (AvgIpc) is 2.28. The molecule has 0 saturated carbocycles. The fourth-order valence-electron chi connectivity index (χ4n) is 1.47. The van der Waals surface area contributed by atoms with Crippen LogP contribution in [0.2, 0.25) is 0 Å². The van der Waals surface area contributed by atoms with Crippen LogP contribution in [0.3, 0.4) is 0 Å². The Kier molecular flexibility index (Phi) is 4.63. The summed E-state index contributed by atoms with van der Waals surface area (Å²) in [5.74, 6) is -1.20. The number of rotatable bonds is 6. The molecule has 0 fully saturated rings. The topological polar surface area (TPSA) is 74.7 Å². The summed E-state index contributed by atoms with van der Waals surface area (Å²) in [5, 5.41) is 8.73. The summed E-state index contributed by atoms with van der Waals surface area (Å²) in [7, 11) is -3.80. The van der Waals surface area contributed by atoms with Crippen LogP contribution in [0.25, 0.3) is 0 Å². The summed E-state index contributed by atoms with van der Waals surface area (Å²) in [6.07, 6.45) is 1.36. The Bertz CT molecular complexity index is 551. The third kappa shape index (κ3) is 3.41. The third-order valence-electron chi connectivity index (χ3n) is 2.27. The Morgan fingerprint density at radius 2 is 2.17 bits per heavy atom. The highest BCUT2D eigenvalue weighted by Crippen LogP contribution is 2.16. The zero-order valence-corrected chi connectivity index (χ0v) is 10.9. The Balaban J connectivity index is 3.16. The molecular weight excluding hydrogens is 254 g/mol. The Labute approximate surface area is 106 Å². The van der Waals surface area contributed by atoms with E-state index in [1.54, 1.807) is 19.1 Å². The Morgan fingerprint density at radius 3 is 2.67 bits per heavy atom. The fraction of sp³-hybridized carbons (Fsp3) is 0.250. The van der Waals surface area contributed by atoms with Gasteiger partial charge in [-0.3, -0.25) is 4.79 Å². The monoisotopic (exact) mass is 269 g/mol. The molecule has 1 aromatic carbocycles. The van der Waals surface area contributed by atoms with E-state index in [4.69, 9.17) is 5.11 Å². The van der Waals surface area contributed by atoms with Crippen LogP contribution in [0.15, 0.2) is 41.8 Å². The van der Waals surface area contributed by atoms with Gasteiger partial charge < -0.3 is 5.11 Å². The SMILES string of the molecule is C=CCN(CC(=O)O)S(=O)(=O)c1cccc(C)c1. The molecule has 0 aliphatic carbocycles. The molecule has 0 heterocycles. The van der Waals surface area contributed by atoms with E-state index in [1.807, 2.05) is 0 Å². The molecule has 0 bridgehead atoms. The van der Waals surface area contributed by atoms with Crippen molar-refractivity contribution in [3.8, 4) is 0 Å². The molecule has 0 radical (unpaired) electrons. The lowest BCUT2D eigenvalue weighted by Gasteiger charge is -2.18. The predicted octanol–water partition coefficient (Wildman–Crippen LogP) is 1.26. The van der Waals surface area contributed by atoms with E-state index in [2.05, 4.69) is 6.58 Å². The highest BCUT2D eigenvalue weighted by atomic mass is 32.2. The second kappa shape index (κ2) is 5.79. The van der Waals surface area contributed by atoms with Crippen molar-refractivity contribution in [1.82, 2.24) is 4.31 Å². The Hall–Kier alpha value is -1.66. The smallest absolute Gasteiger partial charge is 0.318 e. The quantitative estimate of drug-likeness (QED) is 0.789. The first-order valence-corrected chi connectivity index (χ1v) is 6.71. The van der Waals surface area contributed by atoms with Crippen molar-refractivity contribution >= 4 is 16.0 Å². The van der Waals surface area contributed by atoms with E-state index in [0.29, 0.717) is 0 Å². The predicted molar refractivity (Wildman–Crippen MR) is 67.8 cm³/mol. The van der Waals surface area contributed by atoms with Gasteiger partial charge in [0.2, 0.25) is 10.0 Å². The van der Waals surface area contributed by atoms with E-state index in [0.717, 1.165) is 9.87 Å². The van der Waals surface area contributed by atoms with Gasteiger partial charge in [-0.05, 0) is 24.6 Å². The second-order valence-corrected chi connectivity index (χ2v) is 5.73. The van der Waals surface area contributed by atoms with Crippen molar-refractivity contribution in [2.75, 3.05) is 13.1 Å². The lowest BCUT2D eigenvalue weighted by Crippen LogP contribution is -2.35. The first kappa shape index (κ1) is 14.4. The van der Waals surface area contributed by atoms with E-state index in [9.17, 15) is 13.2 Å². The molecule has 98 valence electrons. The number of aryl methyl sites for hydroxylation is 1. The minimum absolute atomic E-state index is 0.0391. The highest BCUT2D eigenvalue weighted by Gasteiger charge is 2.25. The van der Waals surface area contributed by atoms with E-state index < -0.39 is 22.5 Å². The van der Waals surface area contributed by atoms with Gasteiger partial charge >= 0.3 is 5.97 Å². The number of sulfonamides is 1. The number of carboxylic acid groups (broad SMARTS) is 1. The molecule has 6 heteroatoms. The van der Waals surface area contributed by atoms with Gasteiger partial charge in [-0.15, -0.1) is 6.58 Å². The maximum atomic E-state index is 12.2. The van der Waals surface area contributed by atoms with Crippen molar-refractivity contribution in [1.29, 1.82) is 0 Å². The Morgan fingerprint density at radius 1 is 1.50 bits per heavy atom. The van der Waals surface area contributed by atoms with Gasteiger partial charge in [-0.2, -0.15) is 4.31 Å². The number of benzene rings is 1. The van der Waals surface area contributed by atoms with Crippen LogP contribution in [0, 0.1) is 6.92 Å². The summed E-state index contributed by atoms with van der Waals surface area (Å²) in [6.45, 7) is 4.59. The maximum Gasteiger partial charge on any atom is 0.318 e. The normalized spacial score (nSPS) is 11.4. The van der Waals surface area contributed by atoms with Gasteiger partial charge in [-0.25, -0.2) is 8.42 Å². The van der Waals surface area contributed by atoms with Crippen LogP contribution in [-0.4, -0.2) is 36.9 Å². The molecule has 0 aliphatic heterocycles. The number of hydrogen-bond donors (Lipinski definition) is 1. The molecule has 0 amide bonds. The standard InChI is InChI=1S/C12H15NO4S/c1-3-7-13(9-12(14)15)18(16,17)11-6-4-5-10(2)8-11/h3-6,8H,1,7,9H2,2H3,(H,14,15). The fourth-order valence-corrected chi connectivity index (χ4v) is 2.93. The van der Waals surface area contributed by atoms with Gasteiger partial charge in [0.05, 0.1) is 4.90 Å². The zero-order valence-electron chi connectivity index (χ0n) is 10.0. The minimum Gasteiger partial charge on any atom is -0.480 e. The van der Waals surface area contributed by atoms with Gasteiger partial charge in [0.25, 0.3) is 0 Å². The average molecular weight is 269 g/mol. The van der Waals surface area contributed by atoms with Crippen molar-refractivity contribution in [2.24, 2.45) is 0 Å². The van der Waals surface area contributed by atoms with Crippen molar-refractivity contribution in [2.45, 2.75) is 11.8 Å². The number of hydrogen-bond acceptors (Lipinski definition) is 3. The van der Waals surface area contributed by atoms with E-state index in [1.165, 1.54) is 18.2 Å². The van der Waals surface area contributed by atoms with E-state index >= 15 is 0 Å². The van der Waals surface area contributed by atoms with Crippen LogP contribution < -0.4 is 0 Å². The van der Waals surface area contributed by atoms with Gasteiger partial charge in [0.15, 0.2) is 0 Å². The van der Waals surface area contributed by atoms with Gasteiger partial charge in [0.1, 0.15) is 6.54 Å². The molecule has 0 aliphatic rings. The van der Waals surface area contributed by atoms with E-state index in [-0.39, 0.29) is 11.4 Å². The molecule has 1 aromatic rings. The molecule has 0 unspecified atom stereocenters. The van der Waals surface area contributed by atoms with Crippen molar-refractivity contribution in [3.63, 3.8) is 0 Å². The summed E-state index contributed by atoms with van der Waals surface area (Å²) >= 11 is 0. The minimum atomic E-state index is -3.80. The molecule has 0 saturated heterocycles. The molecule has 0 atom stereocenters. The number of nitrogens with zero attached hydrogens (tertiary/aromatic N) is 1. The number of aliphatic carboxylic acids is 1. The lowest BCUT2D eigenvalue weighted by atomic mass is 10.2. The molecule has 0 aromatic heterocycles. The molecular formula is C12H15NO4S. The number of carbonyl (C=O) groups is 1. The first-order chi connectivity index (χ1) is 8.37. The van der Waals surface area contributed by atoms with Crippen LogP contribution in [0.4, 0.5) is 0 Å². The molecule has 1 rings (SSSR count). The van der Waals surface area contributed by atoms with Gasteiger partial charge in [0, 0.05) is 6.54 Å². The zero-order chi connectivity index (χ0) is 13.8. The summed E-state index contributed by atoms with van der Waals surface area (Å²) in [5.41, 5.74) is 0.796. The summed E-state index contributed by atoms with van der Waals surface area (Å²) in [4.78, 5) is 10.8. The van der Waals surface area contributed by atoms with Crippen LogP contribution in [0.5, 0.6) is 0 Å². The van der Waals surface area contributed by atoms with Crippen LogP contribution in [0.1, 0.15) is 5.56 Å². The third-order valence-corrected chi connectivity index (χ3v) is 4.08. The largest absolute Gasteiger partial charge is 0.480 e. The summed E-state index contributed by atoms with van der Waals surface area (Å²) < 4.78 is 25.3. The molecule has 1 N–H and O–H groups in total. The second-order valence-electron chi connectivity index (χ2n) is 3.80. The molecule has 18 heavy (non-hydrogen) atoms. The highest BCUT2D eigenvalue weighted by molar-refractivity contribution is 7.89. The van der Waals surface area contributed by atoms with Crippen LogP contribution in [-0.2, 0) is 14.8 Å². The van der Waals surface area contributed by atoms with Gasteiger partial charge in [-0.1, -0.05) is 18.2 Å². The first-order valence-electron chi connectivity index (χ1n) is 5.27. The number of carboxylic acids is 1. The lowest BCUT2D eigenvalue weighted by molar-refractivity contribution is -0.137. The van der Waals surface area contributed by atoms with Crippen molar-refractivity contribution in [3.05, 3.63) is 42.5 Å². The summed E-state index contributed by atoms with van der Waals surface area (Å²) in [6, 6.07) is 6.34. The molecule has 5 nitrogen and oxygen atoms in total. The maximum absolute atomic E-state index is 12.2.